The molecule has 0 radical (unpaired) electrons. The molecule has 1 aromatic rings. The summed E-state index contributed by atoms with van der Waals surface area (Å²) in [5.74, 6) is -2.42. The third kappa shape index (κ3) is 2.58. The van der Waals surface area contributed by atoms with Crippen molar-refractivity contribution in [1.82, 2.24) is 5.01 Å². The maximum absolute atomic E-state index is 13.1. The summed E-state index contributed by atoms with van der Waals surface area (Å²) in [5.41, 5.74) is -1.32. The number of hydrogen-bond donors (Lipinski definition) is 0. The van der Waals surface area contributed by atoms with Gasteiger partial charge in [0.25, 0.3) is 5.91 Å². The fourth-order valence-electron chi connectivity index (χ4n) is 3.11. The first-order chi connectivity index (χ1) is 11.8. The van der Waals surface area contributed by atoms with Gasteiger partial charge in [-0.2, -0.15) is 5.10 Å². The van der Waals surface area contributed by atoms with E-state index < -0.39 is 29.2 Å². The molecule has 2 aliphatic heterocycles. The molecule has 130 valence electrons. The summed E-state index contributed by atoms with van der Waals surface area (Å²) in [5, 5.41) is 5.19. The fourth-order valence-corrected chi connectivity index (χ4v) is 3.30. The number of anilines is 1. The first-order valence-corrected chi connectivity index (χ1v) is 7.77. The Hall–Kier alpha value is -2.74. The molecular weight excluding hydrogens is 350 g/mol. The Morgan fingerprint density at radius 1 is 1.28 bits per heavy atom. The first kappa shape index (κ1) is 17.1. The number of carbonyl (C=O) groups excluding carboxylic acids is 4. The summed E-state index contributed by atoms with van der Waals surface area (Å²) in [6.45, 7) is 1.21. The Morgan fingerprint density at radius 3 is 2.60 bits per heavy atom. The lowest BCUT2D eigenvalue weighted by molar-refractivity contribution is -0.141. The molecule has 2 aliphatic rings. The largest absolute Gasteiger partial charge is 0.464 e. The normalized spacial score (nSPS) is 22.6. The van der Waals surface area contributed by atoms with Crippen LogP contribution in [-0.2, 0) is 23.9 Å². The van der Waals surface area contributed by atoms with E-state index >= 15 is 0 Å². The lowest BCUT2D eigenvalue weighted by atomic mass is 9.91. The van der Waals surface area contributed by atoms with Gasteiger partial charge < -0.3 is 4.74 Å². The highest BCUT2D eigenvalue weighted by atomic mass is 35.5. The second kappa shape index (κ2) is 5.96. The number of esters is 1. The van der Waals surface area contributed by atoms with Gasteiger partial charge in [-0.05, 0) is 18.2 Å². The molecular formula is C16H14ClN3O5. The molecule has 8 nitrogen and oxygen atoms in total. The molecule has 0 unspecified atom stereocenters. The van der Waals surface area contributed by atoms with Crippen LogP contribution in [0, 0.1) is 0 Å². The second-order valence-electron chi connectivity index (χ2n) is 5.77. The molecule has 0 bridgehead atoms. The van der Waals surface area contributed by atoms with E-state index in [0.29, 0.717) is 10.7 Å². The van der Waals surface area contributed by atoms with Gasteiger partial charge in [0, 0.05) is 18.4 Å². The average Bonchev–Trinajstić information content (AvgIpc) is 3.06. The predicted molar refractivity (Wildman–Crippen MR) is 87.9 cm³/mol. The third-order valence-electron chi connectivity index (χ3n) is 4.17. The van der Waals surface area contributed by atoms with Gasteiger partial charge in [-0.15, -0.1) is 0 Å². The Morgan fingerprint density at radius 2 is 2.00 bits per heavy atom. The van der Waals surface area contributed by atoms with Crippen LogP contribution in [0.4, 0.5) is 5.69 Å². The zero-order valence-electron chi connectivity index (χ0n) is 13.5. The Balaban J connectivity index is 2.03. The Labute approximate surface area is 148 Å². The molecule has 3 amide bonds. The summed E-state index contributed by atoms with van der Waals surface area (Å²) in [4.78, 5) is 50.3. The number of benzene rings is 1. The van der Waals surface area contributed by atoms with E-state index in [9.17, 15) is 19.2 Å². The lowest BCUT2D eigenvalue weighted by Crippen LogP contribution is -2.51. The van der Waals surface area contributed by atoms with Crippen LogP contribution in [0.25, 0.3) is 0 Å². The van der Waals surface area contributed by atoms with Crippen molar-refractivity contribution in [3.63, 3.8) is 0 Å². The highest BCUT2D eigenvalue weighted by Gasteiger charge is 2.61. The van der Waals surface area contributed by atoms with Gasteiger partial charge in [0.2, 0.25) is 11.8 Å². The van der Waals surface area contributed by atoms with Crippen molar-refractivity contribution in [2.75, 3.05) is 12.0 Å². The fraction of sp³-hybridized carbons (Fsp3) is 0.312. The number of nitrogens with zero attached hydrogens (tertiary/aromatic N) is 3. The van der Waals surface area contributed by atoms with E-state index in [1.165, 1.54) is 20.1 Å². The van der Waals surface area contributed by atoms with Gasteiger partial charge in [-0.3, -0.25) is 14.4 Å². The van der Waals surface area contributed by atoms with Gasteiger partial charge in [0.1, 0.15) is 5.71 Å². The van der Waals surface area contributed by atoms with Gasteiger partial charge >= 0.3 is 5.97 Å². The van der Waals surface area contributed by atoms with Crippen LogP contribution >= 0.6 is 11.6 Å². The summed E-state index contributed by atoms with van der Waals surface area (Å²) in [6, 6.07) is 6.26. The van der Waals surface area contributed by atoms with E-state index in [4.69, 9.17) is 11.6 Å². The van der Waals surface area contributed by atoms with Crippen LogP contribution in [0.1, 0.15) is 19.8 Å². The summed E-state index contributed by atoms with van der Waals surface area (Å²) >= 11 is 5.93. The summed E-state index contributed by atoms with van der Waals surface area (Å²) in [6.07, 6.45) is -0.456. The van der Waals surface area contributed by atoms with Gasteiger partial charge in [0.15, 0.2) is 5.54 Å². The molecule has 1 fully saturated rings. The molecule has 0 aliphatic carbocycles. The smallest absolute Gasteiger partial charge is 0.354 e. The van der Waals surface area contributed by atoms with Crippen LogP contribution in [0.2, 0.25) is 5.02 Å². The maximum Gasteiger partial charge on any atom is 0.354 e. The van der Waals surface area contributed by atoms with Crippen molar-refractivity contribution < 1.29 is 23.9 Å². The average molecular weight is 364 g/mol. The second-order valence-corrected chi connectivity index (χ2v) is 6.20. The van der Waals surface area contributed by atoms with Gasteiger partial charge in [-0.25, -0.2) is 14.7 Å². The van der Waals surface area contributed by atoms with Crippen molar-refractivity contribution in [3.8, 4) is 0 Å². The number of carbonyl (C=O) groups is 4. The molecule has 1 saturated heterocycles. The molecule has 0 saturated carbocycles. The monoisotopic (exact) mass is 363 g/mol. The number of imide groups is 1. The van der Waals surface area contributed by atoms with Crippen molar-refractivity contribution in [2.45, 2.75) is 25.3 Å². The topological polar surface area (TPSA) is 96.3 Å². The number of amides is 3. The maximum atomic E-state index is 13.1. The molecule has 0 N–H and O–H groups in total. The van der Waals surface area contributed by atoms with Crippen LogP contribution in [0.5, 0.6) is 0 Å². The van der Waals surface area contributed by atoms with Crippen LogP contribution in [0.3, 0.4) is 0 Å². The van der Waals surface area contributed by atoms with E-state index in [1.807, 2.05) is 0 Å². The first-order valence-electron chi connectivity index (χ1n) is 7.40. The molecule has 25 heavy (non-hydrogen) atoms. The number of halogens is 1. The minimum atomic E-state index is -1.55. The molecule has 1 aromatic carbocycles. The van der Waals surface area contributed by atoms with Gasteiger partial charge in [-0.1, -0.05) is 17.7 Å². The molecule has 2 heterocycles. The number of methoxy groups -OCH3 is 1. The van der Waals surface area contributed by atoms with Crippen molar-refractivity contribution in [3.05, 3.63) is 29.3 Å². The van der Waals surface area contributed by atoms with Crippen molar-refractivity contribution in [2.24, 2.45) is 5.10 Å². The third-order valence-corrected chi connectivity index (χ3v) is 4.40. The zero-order valence-corrected chi connectivity index (χ0v) is 14.2. The summed E-state index contributed by atoms with van der Waals surface area (Å²) < 4.78 is 4.62. The standard InChI is InChI=1S/C16H14ClN3O5/c1-9(21)20-16(7-12(18-20)14(23)25-2)8-13(22)19(15(16)24)11-5-3-4-10(17)6-11/h3-6H,7-8H2,1-2H3/t16-/m0/s1. The molecule has 3 rings (SSSR count). The minimum Gasteiger partial charge on any atom is -0.464 e. The van der Waals surface area contributed by atoms with E-state index in [2.05, 4.69) is 9.84 Å². The SMILES string of the molecule is COC(=O)C1=NN(C(C)=O)[C@]2(CC(=O)N(c3cccc(Cl)c3)C2=O)C1. The quantitative estimate of drug-likeness (QED) is 0.579. The van der Waals surface area contributed by atoms with E-state index in [0.717, 1.165) is 9.91 Å². The molecule has 1 spiro atoms. The zero-order chi connectivity index (χ0) is 18.4. The summed E-state index contributed by atoms with van der Waals surface area (Å²) in [7, 11) is 1.17. The minimum absolute atomic E-state index is 0.0770. The van der Waals surface area contributed by atoms with E-state index in [-0.39, 0.29) is 18.6 Å². The highest BCUT2D eigenvalue weighted by Crippen LogP contribution is 2.40. The van der Waals surface area contributed by atoms with Crippen molar-refractivity contribution in [1.29, 1.82) is 0 Å². The predicted octanol–water partition coefficient (Wildman–Crippen LogP) is 1.12. The van der Waals surface area contributed by atoms with Gasteiger partial charge in [0.05, 0.1) is 19.2 Å². The Bertz CT molecular complexity index is 837. The van der Waals surface area contributed by atoms with Crippen LogP contribution in [-0.4, -0.2) is 47.1 Å². The number of hydrazone groups is 1. The number of hydrogen-bond acceptors (Lipinski definition) is 6. The van der Waals surface area contributed by atoms with Crippen molar-refractivity contribution >= 4 is 46.7 Å². The number of ether oxygens (including phenoxy) is 1. The Kier molecular flexibility index (Phi) is 4.08. The van der Waals surface area contributed by atoms with E-state index in [1.54, 1.807) is 18.2 Å². The molecule has 1 atom stereocenters. The van der Waals surface area contributed by atoms with Crippen LogP contribution < -0.4 is 4.90 Å². The highest BCUT2D eigenvalue weighted by molar-refractivity contribution is 6.39. The molecule has 0 aromatic heterocycles. The molecule has 9 heteroatoms. The number of rotatable bonds is 2. The lowest BCUT2D eigenvalue weighted by Gasteiger charge is -2.28. The van der Waals surface area contributed by atoms with Crippen LogP contribution in [0.15, 0.2) is 29.4 Å².